The Bertz CT molecular complexity index is 718. The van der Waals surface area contributed by atoms with E-state index in [2.05, 4.69) is 5.32 Å². The lowest BCUT2D eigenvalue weighted by atomic mass is 9.96. The monoisotopic (exact) mass is 329 g/mol. The highest BCUT2D eigenvalue weighted by Crippen LogP contribution is 2.30. The smallest absolute Gasteiger partial charge is 0.339 e. The van der Waals surface area contributed by atoms with Crippen LogP contribution in [0.25, 0.3) is 0 Å². The third-order valence-electron chi connectivity index (χ3n) is 3.95. The van der Waals surface area contributed by atoms with E-state index in [9.17, 15) is 9.59 Å². The second-order valence-corrected chi connectivity index (χ2v) is 6.71. The fourth-order valence-corrected chi connectivity index (χ4v) is 3.82. The minimum Gasteiger partial charge on any atom is -0.452 e. The molecule has 0 spiro atoms. The highest BCUT2D eigenvalue weighted by Gasteiger charge is 2.21. The molecule has 1 aliphatic carbocycles. The Morgan fingerprint density at radius 1 is 1.17 bits per heavy atom. The van der Waals surface area contributed by atoms with Crippen molar-refractivity contribution >= 4 is 28.9 Å². The Balaban J connectivity index is 1.55. The molecule has 4 nitrogen and oxygen atoms in total. The zero-order chi connectivity index (χ0) is 16.2. The number of rotatable bonds is 4. The molecule has 0 bridgehead atoms. The van der Waals surface area contributed by atoms with Crippen LogP contribution in [0.4, 0.5) is 5.69 Å². The zero-order valence-corrected chi connectivity index (χ0v) is 13.9. The second-order valence-electron chi connectivity index (χ2n) is 5.75. The molecule has 1 amide bonds. The van der Waals surface area contributed by atoms with Gasteiger partial charge in [-0.25, -0.2) is 4.79 Å². The summed E-state index contributed by atoms with van der Waals surface area (Å²) in [4.78, 5) is 25.3. The van der Waals surface area contributed by atoms with Crippen molar-refractivity contribution < 1.29 is 14.3 Å². The summed E-state index contributed by atoms with van der Waals surface area (Å²) in [7, 11) is 0. The summed E-state index contributed by atoms with van der Waals surface area (Å²) in [5, 5.41) is 4.58. The van der Waals surface area contributed by atoms with Gasteiger partial charge in [-0.05, 0) is 50.3 Å². The molecule has 3 rings (SSSR count). The summed E-state index contributed by atoms with van der Waals surface area (Å²) in [5.41, 5.74) is 3.57. The highest BCUT2D eigenvalue weighted by molar-refractivity contribution is 7.10. The van der Waals surface area contributed by atoms with Crippen LogP contribution in [0.2, 0.25) is 0 Å². The number of carbonyl (C=O) groups excluding carboxylic acids is 2. The minimum absolute atomic E-state index is 0.267. The maximum absolute atomic E-state index is 12.2. The van der Waals surface area contributed by atoms with Crippen LogP contribution in [0.3, 0.4) is 0 Å². The number of esters is 1. The molecule has 23 heavy (non-hydrogen) atoms. The van der Waals surface area contributed by atoms with Crippen LogP contribution in [0.5, 0.6) is 0 Å². The van der Waals surface area contributed by atoms with Crippen molar-refractivity contribution in [3.8, 4) is 0 Å². The van der Waals surface area contributed by atoms with Crippen LogP contribution in [0.1, 0.15) is 39.2 Å². The number of fused-ring (bicyclic) bond motifs is 1. The van der Waals surface area contributed by atoms with Crippen LogP contribution < -0.4 is 5.32 Å². The molecule has 2 aromatic rings. The lowest BCUT2D eigenvalue weighted by molar-refractivity contribution is -0.119. The van der Waals surface area contributed by atoms with Gasteiger partial charge in [0.2, 0.25) is 0 Å². The molecular weight excluding hydrogens is 310 g/mol. The average molecular weight is 329 g/mol. The summed E-state index contributed by atoms with van der Waals surface area (Å²) < 4.78 is 5.17. The van der Waals surface area contributed by atoms with E-state index in [0.717, 1.165) is 30.4 Å². The molecule has 1 aromatic heterocycles. The molecule has 0 radical (unpaired) electrons. The topological polar surface area (TPSA) is 55.4 Å². The van der Waals surface area contributed by atoms with Crippen molar-refractivity contribution in [3.05, 3.63) is 51.2 Å². The Morgan fingerprint density at radius 2 is 1.91 bits per heavy atom. The second kappa shape index (κ2) is 6.96. The molecule has 1 heterocycles. The number of anilines is 1. The molecule has 5 heteroatoms. The first kappa shape index (κ1) is 15.7. The summed E-state index contributed by atoms with van der Waals surface area (Å²) in [6.45, 7) is 1.71. The lowest BCUT2D eigenvalue weighted by Crippen LogP contribution is -2.21. The van der Waals surface area contributed by atoms with Gasteiger partial charge in [0.25, 0.3) is 5.91 Å². The van der Waals surface area contributed by atoms with Gasteiger partial charge in [0.15, 0.2) is 6.61 Å². The summed E-state index contributed by atoms with van der Waals surface area (Å²) in [6.07, 6.45) is 4.26. The fourth-order valence-electron chi connectivity index (χ4n) is 2.71. The highest BCUT2D eigenvalue weighted by atomic mass is 32.1. The number of hydrogen-bond acceptors (Lipinski definition) is 4. The van der Waals surface area contributed by atoms with E-state index in [1.54, 1.807) is 11.3 Å². The van der Waals surface area contributed by atoms with Gasteiger partial charge in [0.05, 0.1) is 5.56 Å². The van der Waals surface area contributed by atoms with Gasteiger partial charge >= 0.3 is 5.97 Å². The Labute approximate surface area is 139 Å². The van der Waals surface area contributed by atoms with E-state index in [1.807, 2.05) is 36.6 Å². The summed E-state index contributed by atoms with van der Waals surface area (Å²) in [6, 6.07) is 7.48. The van der Waals surface area contributed by atoms with Crippen molar-refractivity contribution in [2.75, 3.05) is 11.9 Å². The van der Waals surface area contributed by atoms with Crippen molar-refractivity contribution in [1.29, 1.82) is 0 Å². The van der Waals surface area contributed by atoms with Gasteiger partial charge < -0.3 is 10.1 Å². The van der Waals surface area contributed by atoms with Gasteiger partial charge in [-0.15, -0.1) is 11.3 Å². The normalized spacial score (nSPS) is 13.3. The summed E-state index contributed by atoms with van der Waals surface area (Å²) >= 11 is 1.62. The number of nitrogens with one attached hydrogen (secondary N) is 1. The molecule has 1 aromatic carbocycles. The SMILES string of the molecule is Cc1ccc(NC(=O)COC(=O)c2csc3c2CCCC3)cc1. The third-order valence-corrected chi connectivity index (χ3v) is 5.04. The van der Waals surface area contributed by atoms with Gasteiger partial charge in [0, 0.05) is 15.9 Å². The van der Waals surface area contributed by atoms with Gasteiger partial charge in [-0.2, -0.15) is 0 Å². The van der Waals surface area contributed by atoms with E-state index in [-0.39, 0.29) is 12.5 Å². The predicted octanol–water partition coefficient (Wildman–Crippen LogP) is 3.73. The van der Waals surface area contributed by atoms with Gasteiger partial charge in [-0.1, -0.05) is 17.7 Å². The number of aryl methyl sites for hydroxylation is 2. The van der Waals surface area contributed by atoms with Crippen LogP contribution in [0, 0.1) is 6.92 Å². The molecule has 1 N–H and O–H groups in total. The minimum atomic E-state index is -0.400. The van der Waals surface area contributed by atoms with Crippen molar-refractivity contribution in [1.82, 2.24) is 0 Å². The molecule has 1 aliphatic rings. The van der Waals surface area contributed by atoms with Crippen LogP contribution in [0.15, 0.2) is 29.6 Å². The molecule has 0 unspecified atom stereocenters. The molecule has 0 atom stereocenters. The number of benzene rings is 1. The molecule has 0 fully saturated rings. The number of ether oxygens (including phenoxy) is 1. The van der Waals surface area contributed by atoms with Gasteiger partial charge in [-0.3, -0.25) is 4.79 Å². The quantitative estimate of drug-likeness (QED) is 0.870. The Morgan fingerprint density at radius 3 is 2.70 bits per heavy atom. The van der Waals surface area contributed by atoms with E-state index in [1.165, 1.54) is 11.3 Å². The molecule has 0 saturated carbocycles. The number of amides is 1. The van der Waals surface area contributed by atoms with Gasteiger partial charge in [0.1, 0.15) is 0 Å². The molecule has 0 aliphatic heterocycles. The van der Waals surface area contributed by atoms with E-state index in [4.69, 9.17) is 4.74 Å². The predicted molar refractivity (Wildman–Crippen MR) is 91.1 cm³/mol. The van der Waals surface area contributed by atoms with Crippen molar-refractivity contribution in [2.24, 2.45) is 0 Å². The Hall–Kier alpha value is -2.14. The molecular formula is C18H19NO3S. The number of hydrogen-bond donors (Lipinski definition) is 1. The molecule has 120 valence electrons. The zero-order valence-electron chi connectivity index (χ0n) is 13.1. The summed E-state index contributed by atoms with van der Waals surface area (Å²) in [5.74, 6) is -0.727. The first-order chi connectivity index (χ1) is 11.1. The average Bonchev–Trinajstić information content (AvgIpc) is 2.99. The standard InChI is InChI=1S/C18H19NO3S/c1-12-6-8-13(9-7-12)19-17(20)10-22-18(21)15-11-23-16-5-3-2-4-14(15)16/h6-9,11H,2-5,10H2,1H3,(H,19,20). The van der Waals surface area contributed by atoms with E-state index < -0.39 is 5.97 Å². The van der Waals surface area contributed by atoms with E-state index >= 15 is 0 Å². The van der Waals surface area contributed by atoms with Crippen LogP contribution >= 0.6 is 11.3 Å². The van der Waals surface area contributed by atoms with Crippen LogP contribution in [-0.2, 0) is 22.4 Å². The first-order valence-corrected chi connectivity index (χ1v) is 8.64. The van der Waals surface area contributed by atoms with Crippen molar-refractivity contribution in [3.63, 3.8) is 0 Å². The van der Waals surface area contributed by atoms with Crippen LogP contribution in [-0.4, -0.2) is 18.5 Å². The van der Waals surface area contributed by atoms with E-state index in [0.29, 0.717) is 11.3 Å². The maximum Gasteiger partial charge on any atom is 0.339 e. The molecule has 0 saturated heterocycles. The number of carbonyl (C=O) groups is 2. The maximum atomic E-state index is 12.2. The third kappa shape index (κ3) is 3.79. The first-order valence-electron chi connectivity index (χ1n) is 7.76. The number of thiophene rings is 1. The van der Waals surface area contributed by atoms with Crippen molar-refractivity contribution in [2.45, 2.75) is 32.6 Å². The largest absolute Gasteiger partial charge is 0.452 e. The fraction of sp³-hybridized carbons (Fsp3) is 0.333. The lowest BCUT2D eigenvalue weighted by Gasteiger charge is -2.12. The Kier molecular flexibility index (Phi) is 4.76.